The summed E-state index contributed by atoms with van der Waals surface area (Å²) in [5, 5.41) is 11.8. The molecule has 0 saturated heterocycles. The lowest BCUT2D eigenvalue weighted by Gasteiger charge is -2.04. The fraction of sp³-hybridized carbons (Fsp3) is 0.125. The van der Waals surface area contributed by atoms with E-state index >= 15 is 0 Å². The zero-order valence-electron chi connectivity index (χ0n) is 11.4. The molecule has 1 aromatic carbocycles. The minimum Gasteiger partial charge on any atom is -0.320 e. The number of para-hydroxylation sites is 1. The first kappa shape index (κ1) is 14.8. The molecule has 0 spiro atoms. The molecule has 5 heteroatoms. The minimum absolute atomic E-state index is 0.244. The molecular weight excluding hydrogens is 282 g/mol. The van der Waals surface area contributed by atoms with Gasteiger partial charge in [-0.3, -0.25) is 4.79 Å². The van der Waals surface area contributed by atoms with Crippen molar-refractivity contribution in [2.75, 3.05) is 11.9 Å². The maximum Gasteiger partial charge on any atom is 0.265 e. The van der Waals surface area contributed by atoms with Gasteiger partial charge in [-0.25, -0.2) is 0 Å². The van der Waals surface area contributed by atoms with Gasteiger partial charge in [0.05, 0.1) is 27.5 Å². The van der Waals surface area contributed by atoms with Crippen LogP contribution < -0.4 is 11.1 Å². The molecule has 0 aliphatic carbocycles. The van der Waals surface area contributed by atoms with E-state index in [9.17, 15) is 4.79 Å². The lowest BCUT2D eigenvalue weighted by molar-refractivity contribution is 0.103. The molecule has 0 aliphatic rings. The molecule has 0 saturated carbocycles. The van der Waals surface area contributed by atoms with Gasteiger partial charge in [-0.15, -0.1) is 11.3 Å². The number of nitrogens with one attached hydrogen (secondary N) is 1. The number of hydrogen-bond acceptors (Lipinski definition) is 4. The van der Waals surface area contributed by atoms with E-state index in [0.717, 1.165) is 10.4 Å². The molecule has 0 aliphatic heterocycles. The van der Waals surface area contributed by atoms with Gasteiger partial charge in [-0.1, -0.05) is 24.0 Å². The van der Waals surface area contributed by atoms with Gasteiger partial charge in [0.25, 0.3) is 5.91 Å². The van der Waals surface area contributed by atoms with Gasteiger partial charge in [0, 0.05) is 0 Å². The van der Waals surface area contributed by atoms with Crippen LogP contribution in [0.5, 0.6) is 0 Å². The molecule has 1 heterocycles. The Morgan fingerprint density at radius 1 is 1.43 bits per heavy atom. The number of carbonyl (C=O) groups excluding carboxylic acids is 1. The predicted octanol–water partition coefficient (Wildman–Crippen LogP) is 2.49. The zero-order chi connectivity index (χ0) is 15.2. The van der Waals surface area contributed by atoms with E-state index in [1.165, 1.54) is 11.3 Å². The highest BCUT2D eigenvalue weighted by molar-refractivity contribution is 7.14. The largest absolute Gasteiger partial charge is 0.320 e. The summed E-state index contributed by atoms with van der Waals surface area (Å²) in [6, 6.07) is 10.7. The Morgan fingerprint density at radius 3 is 2.90 bits per heavy atom. The second kappa shape index (κ2) is 6.71. The SMILES string of the molecule is Cc1cc(C(=O)Nc2ccccc2C#N)sc1C#CCN. The average molecular weight is 295 g/mol. The minimum atomic E-state index is -0.244. The third-order valence-corrected chi connectivity index (χ3v) is 3.89. The Kier molecular flexibility index (Phi) is 4.73. The lowest BCUT2D eigenvalue weighted by atomic mass is 10.2. The molecule has 1 amide bonds. The van der Waals surface area contributed by atoms with Crippen molar-refractivity contribution >= 4 is 22.9 Å². The van der Waals surface area contributed by atoms with Crippen molar-refractivity contribution in [3.8, 4) is 17.9 Å². The van der Waals surface area contributed by atoms with Crippen LogP contribution >= 0.6 is 11.3 Å². The third kappa shape index (κ3) is 3.49. The van der Waals surface area contributed by atoms with Crippen LogP contribution in [-0.2, 0) is 0 Å². The summed E-state index contributed by atoms with van der Waals surface area (Å²) < 4.78 is 0. The third-order valence-electron chi connectivity index (χ3n) is 2.74. The molecule has 1 aromatic heterocycles. The number of hydrogen-bond donors (Lipinski definition) is 2. The van der Waals surface area contributed by atoms with E-state index in [4.69, 9.17) is 11.0 Å². The molecule has 3 N–H and O–H groups in total. The normalized spacial score (nSPS) is 9.38. The standard InChI is InChI=1S/C16H13N3OS/c1-11-9-15(21-14(11)7-4-8-17)16(20)19-13-6-3-2-5-12(13)10-18/h2-3,5-6,9H,8,17H2,1H3,(H,19,20). The number of aryl methyl sites for hydroxylation is 1. The van der Waals surface area contributed by atoms with Crippen LogP contribution in [-0.4, -0.2) is 12.5 Å². The van der Waals surface area contributed by atoms with Crippen molar-refractivity contribution in [2.45, 2.75) is 6.92 Å². The number of nitriles is 1. The molecule has 104 valence electrons. The van der Waals surface area contributed by atoms with Crippen LogP contribution in [0.25, 0.3) is 0 Å². The summed E-state index contributed by atoms with van der Waals surface area (Å²) in [5.41, 5.74) is 7.23. The van der Waals surface area contributed by atoms with Crippen molar-refractivity contribution in [3.63, 3.8) is 0 Å². The van der Waals surface area contributed by atoms with E-state index in [1.807, 2.05) is 13.0 Å². The van der Waals surface area contributed by atoms with E-state index < -0.39 is 0 Å². The van der Waals surface area contributed by atoms with Crippen LogP contribution in [0, 0.1) is 30.1 Å². The van der Waals surface area contributed by atoms with Gasteiger partial charge >= 0.3 is 0 Å². The first-order chi connectivity index (χ1) is 10.2. The van der Waals surface area contributed by atoms with Crippen molar-refractivity contribution < 1.29 is 4.79 Å². The summed E-state index contributed by atoms with van der Waals surface area (Å²) in [4.78, 5) is 13.6. The molecule has 0 fully saturated rings. The van der Waals surface area contributed by atoms with Crippen LogP contribution in [0.2, 0.25) is 0 Å². The Bertz CT molecular complexity index is 775. The highest BCUT2D eigenvalue weighted by atomic mass is 32.1. The first-order valence-corrected chi connectivity index (χ1v) is 7.07. The summed E-state index contributed by atoms with van der Waals surface area (Å²) in [5.74, 6) is 5.48. The van der Waals surface area contributed by atoms with Gasteiger partial charge in [0.2, 0.25) is 0 Å². The highest BCUT2D eigenvalue weighted by Gasteiger charge is 2.13. The molecule has 0 unspecified atom stereocenters. The number of carbonyl (C=O) groups is 1. The Labute approximate surface area is 127 Å². The van der Waals surface area contributed by atoms with Gasteiger partial charge in [-0.05, 0) is 30.7 Å². The second-order valence-electron chi connectivity index (χ2n) is 4.24. The van der Waals surface area contributed by atoms with E-state index in [-0.39, 0.29) is 12.5 Å². The maximum absolute atomic E-state index is 12.2. The molecule has 4 nitrogen and oxygen atoms in total. The number of rotatable bonds is 2. The van der Waals surface area contributed by atoms with Crippen molar-refractivity contribution in [1.29, 1.82) is 5.26 Å². The number of thiophene rings is 1. The van der Waals surface area contributed by atoms with E-state index in [2.05, 4.69) is 17.2 Å². The molecule has 21 heavy (non-hydrogen) atoms. The molecule has 2 aromatic rings. The molecular formula is C16H13N3OS. The van der Waals surface area contributed by atoms with Gasteiger partial charge in [-0.2, -0.15) is 5.26 Å². The predicted molar refractivity (Wildman–Crippen MR) is 84.1 cm³/mol. The van der Waals surface area contributed by atoms with Crippen LogP contribution in [0.3, 0.4) is 0 Å². The number of anilines is 1. The van der Waals surface area contributed by atoms with Crippen molar-refractivity contribution in [2.24, 2.45) is 5.73 Å². The molecule has 0 bridgehead atoms. The summed E-state index contributed by atoms with van der Waals surface area (Å²) in [6.07, 6.45) is 0. The number of benzene rings is 1. The van der Waals surface area contributed by atoms with Crippen molar-refractivity contribution in [3.05, 3.63) is 51.2 Å². The monoisotopic (exact) mass is 295 g/mol. The average Bonchev–Trinajstić information content (AvgIpc) is 2.87. The lowest BCUT2D eigenvalue weighted by Crippen LogP contribution is -2.11. The Balaban J connectivity index is 2.23. The van der Waals surface area contributed by atoms with Gasteiger partial charge in [0.1, 0.15) is 6.07 Å². The fourth-order valence-corrected chi connectivity index (χ4v) is 2.67. The highest BCUT2D eigenvalue weighted by Crippen LogP contribution is 2.23. The van der Waals surface area contributed by atoms with Gasteiger partial charge in [0.15, 0.2) is 0 Å². The second-order valence-corrected chi connectivity index (χ2v) is 5.29. The molecule has 0 radical (unpaired) electrons. The zero-order valence-corrected chi connectivity index (χ0v) is 12.3. The van der Waals surface area contributed by atoms with E-state index in [0.29, 0.717) is 16.1 Å². The fourth-order valence-electron chi connectivity index (χ4n) is 1.72. The topological polar surface area (TPSA) is 78.9 Å². The Hall–Kier alpha value is -2.60. The van der Waals surface area contributed by atoms with Crippen LogP contribution in [0.4, 0.5) is 5.69 Å². The number of nitrogens with zero attached hydrogens (tertiary/aromatic N) is 1. The summed E-state index contributed by atoms with van der Waals surface area (Å²) in [7, 11) is 0. The summed E-state index contributed by atoms with van der Waals surface area (Å²) >= 11 is 1.32. The maximum atomic E-state index is 12.2. The van der Waals surface area contributed by atoms with Crippen LogP contribution in [0.1, 0.15) is 25.7 Å². The number of amides is 1. The first-order valence-electron chi connectivity index (χ1n) is 6.25. The summed E-state index contributed by atoms with van der Waals surface area (Å²) in [6.45, 7) is 2.19. The van der Waals surface area contributed by atoms with Gasteiger partial charge < -0.3 is 11.1 Å². The number of nitrogens with two attached hydrogens (primary N) is 1. The molecule has 0 atom stereocenters. The Morgan fingerprint density at radius 2 is 2.19 bits per heavy atom. The van der Waals surface area contributed by atoms with E-state index in [1.54, 1.807) is 30.3 Å². The van der Waals surface area contributed by atoms with Crippen LogP contribution in [0.15, 0.2) is 30.3 Å². The molecule has 2 rings (SSSR count). The smallest absolute Gasteiger partial charge is 0.265 e. The quantitative estimate of drug-likeness (QED) is 0.835. The van der Waals surface area contributed by atoms with Crippen molar-refractivity contribution in [1.82, 2.24) is 0 Å².